The minimum absolute atomic E-state index is 0.0746. The van der Waals surface area contributed by atoms with E-state index in [1.54, 1.807) is 4.40 Å². The molecule has 0 aliphatic rings. The van der Waals surface area contributed by atoms with Crippen molar-refractivity contribution < 1.29 is 0 Å². The van der Waals surface area contributed by atoms with Crippen LogP contribution in [-0.4, -0.2) is 14.6 Å². The molecule has 4 rings (SSSR count). The van der Waals surface area contributed by atoms with E-state index in [9.17, 15) is 4.79 Å². The fourth-order valence-corrected chi connectivity index (χ4v) is 3.37. The second kappa shape index (κ2) is 5.44. The van der Waals surface area contributed by atoms with Gasteiger partial charge >= 0.3 is 0 Å². The van der Waals surface area contributed by atoms with Gasteiger partial charge in [0.05, 0.1) is 4.53 Å². The van der Waals surface area contributed by atoms with Gasteiger partial charge in [0.1, 0.15) is 0 Å². The predicted octanol–water partition coefficient (Wildman–Crippen LogP) is 2.67. The lowest BCUT2D eigenvalue weighted by Gasteiger charge is -1.97. The van der Waals surface area contributed by atoms with Crippen molar-refractivity contribution in [3.63, 3.8) is 0 Å². The highest BCUT2D eigenvalue weighted by molar-refractivity contribution is 7.15. The summed E-state index contributed by atoms with van der Waals surface area (Å²) in [4.78, 5) is 13.3. The van der Waals surface area contributed by atoms with E-state index in [0.29, 0.717) is 15.3 Å². The molecule has 0 saturated heterocycles. The molecule has 4 aromatic rings. The van der Waals surface area contributed by atoms with E-state index >= 15 is 0 Å². The third kappa shape index (κ3) is 2.45. The van der Waals surface area contributed by atoms with Gasteiger partial charge < -0.3 is 0 Å². The highest BCUT2D eigenvalue weighted by Crippen LogP contribution is 2.18. The second-order valence-electron chi connectivity index (χ2n) is 5.33. The number of rotatable bonds is 2. The quantitative estimate of drug-likeness (QED) is 0.571. The van der Waals surface area contributed by atoms with Crippen molar-refractivity contribution in [3.8, 4) is 11.4 Å². The Morgan fingerprint density at radius 2 is 1.74 bits per heavy atom. The van der Waals surface area contributed by atoms with Crippen LogP contribution in [0.25, 0.3) is 22.4 Å². The van der Waals surface area contributed by atoms with Crippen molar-refractivity contribution in [2.45, 2.75) is 6.92 Å². The van der Waals surface area contributed by atoms with Gasteiger partial charge in [0, 0.05) is 5.56 Å². The molecular formula is C18H13N3OS. The van der Waals surface area contributed by atoms with E-state index in [1.165, 1.54) is 16.9 Å². The van der Waals surface area contributed by atoms with Gasteiger partial charge in [-0.05, 0) is 18.6 Å². The number of benzene rings is 2. The first-order chi connectivity index (χ1) is 11.2. The van der Waals surface area contributed by atoms with Crippen LogP contribution < -0.4 is 10.1 Å². The number of aromatic nitrogens is 3. The zero-order valence-electron chi connectivity index (χ0n) is 12.4. The van der Waals surface area contributed by atoms with Gasteiger partial charge in [-0.1, -0.05) is 71.5 Å². The zero-order chi connectivity index (χ0) is 15.8. The molecule has 0 aliphatic heterocycles. The number of hydrogen-bond donors (Lipinski definition) is 0. The first-order valence-corrected chi connectivity index (χ1v) is 8.06. The van der Waals surface area contributed by atoms with Gasteiger partial charge in [-0.15, -0.1) is 10.2 Å². The summed E-state index contributed by atoms with van der Waals surface area (Å²) in [6.45, 7) is 2.03. The largest absolute Gasteiger partial charge is 0.276 e. The molecule has 0 aliphatic carbocycles. The smallest absolute Gasteiger partial charge is 0.267 e. The summed E-state index contributed by atoms with van der Waals surface area (Å²) in [6, 6.07) is 17.7. The second-order valence-corrected chi connectivity index (χ2v) is 6.34. The SMILES string of the molecule is Cc1ccc(-c2nnc3s/c(=C\c4ccccc4)c(=O)n23)cc1. The van der Waals surface area contributed by atoms with Crippen LogP contribution in [0.3, 0.4) is 0 Å². The Morgan fingerprint density at radius 1 is 1.00 bits per heavy atom. The molecule has 4 nitrogen and oxygen atoms in total. The van der Waals surface area contributed by atoms with Crippen LogP contribution >= 0.6 is 11.3 Å². The molecule has 0 saturated carbocycles. The van der Waals surface area contributed by atoms with Crippen LogP contribution in [0.4, 0.5) is 0 Å². The standard InChI is InChI=1S/C18H13N3OS/c1-12-7-9-14(10-8-12)16-19-20-18-21(16)17(22)15(23-18)11-13-5-3-2-4-6-13/h2-11H,1H3/b15-11-. The van der Waals surface area contributed by atoms with Crippen LogP contribution in [-0.2, 0) is 0 Å². The monoisotopic (exact) mass is 319 g/mol. The summed E-state index contributed by atoms with van der Waals surface area (Å²) in [7, 11) is 0. The molecule has 5 heteroatoms. The van der Waals surface area contributed by atoms with Crippen LogP contribution in [0.2, 0.25) is 0 Å². The molecule has 0 radical (unpaired) electrons. The van der Waals surface area contributed by atoms with Crippen molar-refractivity contribution in [2.24, 2.45) is 0 Å². The van der Waals surface area contributed by atoms with Gasteiger partial charge in [-0.3, -0.25) is 4.79 Å². The molecule has 0 spiro atoms. The normalized spacial score (nSPS) is 12.1. The van der Waals surface area contributed by atoms with Crippen molar-refractivity contribution in [2.75, 3.05) is 0 Å². The van der Waals surface area contributed by atoms with Gasteiger partial charge in [-0.25, -0.2) is 4.40 Å². The first kappa shape index (κ1) is 13.8. The molecule has 0 bridgehead atoms. The Labute approximate surface area is 136 Å². The van der Waals surface area contributed by atoms with E-state index < -0.39 is 0 Å². The maximum absolute atomic E-state index is 12.7. The minimum atomic E-state index is -0.0746. The summed E-state index contributed by atoms with van der Waals surface area (Å²) in [5, 5.41) is 8.33. The molecule has 0 fully saturated rings. The Hall–Kier alpha value is -2.79. The molecule has 112 valence electrons. The van der Waals surface area contributed by atoms with Gasteiger partial charge in [-0.2, -0.15) is 0 Å². The number of nitrogens with zero attached hydrogens (tertiary/aromatic N) is 3. The maximum atomic E-state index is 12.7. The van der Waals surface area contributed by atoms with Crippen molar-refractivity contribution in [3.05, 3.63) is 80.6 Å². The van der Waals surface area contributed by atoms with Crippen LogP contribution in [0.1, 0.15) is 11.1 Å². The summed E-state index contributed by atoms with van der Waals surface area (Å²) >= 11 is 1.36. The fraction of sp³-hybridized carbons (Fsp3) is 0.0556. The predicted molar refractivity (Wildman–Crippen MR) is 92.5 cm³/mol. The number of aryl methyl sites for hydroxylation is 1. The van der Waals surface area contributed by atoms with Crippen molar-refractivity contribution >= 4 is 22.4 Å². The Balaban J connectivity index is 1.92. The molecule has 2 aromatic carbocycles. The van der Waals surface area contributed by atoms with E-state index in [0.717, 1.165) is 11.1 Å². The van der Waals surface area contributed by atoms with Crippen LogP contribution in [0, 0.1) is 6.92 Å². The Bertz CT molecular complexity index is 1080. The highest BCUT2D eigenvalue weighted by atomic mass is 32.1. The maximum Gasteiger partial charge on any atom is 0.276 e. The summed E-state index contributed by atoms with van der Waals surface area (Å²) < 4.78 is 2.25. The number of fused-ring (bicyclic) bond motifs is 1. The van der Waals surface area contributed by atoms with E-state index in [-0.39, 0.29) is 5.56 Å². The average Bonchev–Trinajstić information content (AvgIpc) is 3.11. The lowest BCUT2D eigenvalue weighted by molar-refractivity contribution is 1.09. The van der Waals surface area contributed by atoms with Gasteiger partial charge in [0.15, 0.2) is 5.82 Å². The lowest BCUT2D eigenvalue weighted by atomic mass is 10.1. The Morgan fingerprint density at radius 3 is 2.48 bits per heavy atom. The molecule has 0 N–H and O–H groups in total. The van der Waals surface area contributed by atoms with E-state index in [1.807, 2.05) is 67.6 Å². The molecular weight excluding hydrogens is 306 g/mol. The molecule has 2 aromatic heterocycles. The Kier molecular flexibility index (Phi) is 3.28. The van der Waals surface area contributed by atoms with E-state index in [2.05, 4.69) is 10.2 Å². The summed E-state index contributed by atoms with van der Waals surface area (Å²) in [5.74, 6) is 0.592. The third-order valence-electron chi connectivity index (χ3n) is 3.66. The van der Waals surface area contributed by atoms with Crippen molar-refractivity contribution in [1.29, 1.82) is 0 Å². The fourth-order valence-electron chi connectivity index (χ4n) is 2.45. The van der Waals surface area contributed by atoms with Gasteiger partial charge in [0.25, 0.3) is 5.56 Å². The number of thiazole rings is 1. The number of hydrogen-bond acceptors (Lipinski definition) is 4. The summed E-state index contributed by atoms with van der Waals surface area (Å²) in [6.07, 6.45) is 1.89. The molecule has 0 atom stereocenters. The zero-order valence-corrected chi connectivity index (χ0v) is 13.2. The van der Waals surface area contributed by atoms with Gasteiger partial charge in [0.2, 0.25) is 4.96 Å². The molecule has 0 amide bonds. The molecule has 0 unspecified atom stereocenters. The average molecular weight is 319 g/mol. The van der Waals surface area contributed by atoms with Crippen LogP contribution in [0.5, 0.6) is 0 Å². The van der Waals surface area contributed by atoms with Crippen molar-refractivity contribution in [1.82, 2.24) is 14.6 Å². The molecule has 23 heavy (non-hydrogen) atoms. The summed E-state index contributed by atoms with van der Waals surface area (Å²) in [5.41, 5.74) is 2.98. The lowest BCUT2D eigenvalue weighted by Crippen LogP contribution is -2.23. The molecule has 2 heterocycles. The highest BCUT2D eigenvalue weighted by Gasteiger charge is 2.13. The third-order valence-corrected chi connectivity index (χ3v) is 4.61. The van der Waals surface area contributed by atoms with E-state index in [4.69, 9.17) is 0 Å². The minimum Gasteiger partial charge on any atom is -0.267 e. The topological polar surface area (TPSA) is 47.3 Å². The first-order valence-electron chi connectivity index (χ1n) is 7.24. The van der Waals surface area contributed by atoms with Crippen LogP contribution in [0.15, 0.2) is 59.4 Å².